The molecule has 4 aromatic rings. The van der Waals surface area contributed by atoms with Crippen molar-refractivity contribution in [2.75, 3.05) is 11.5 Å². The largest absolute Gasteiger partial charge is 0.507 e. The minimum Gasteiger partial charge on any atom is -0.507 e. The van der Waals surface area contributed by atoms with E-state index in [4.69, 9.17) is 16.3 Å². The molecule has 1 amide bonds. The molecule has 0 radical (unpaired) electrons. The molecule has 1 aliphatic rings. The summed E-state index contributed by atoms with van der Waals surface area (Å²) in [7, 11) is 0. The second kappa shape index (κ2) is 10.5. The van der Waals surface area contributed by atoms with Crippen LogP contribution in [-0.4, -0.2) is 28.4 Å². The number of thiazole rings is 1. The molecule has 0 bridgehead atoms. The molecule has 200 valence electrons. The molecule has 1 fully saturated rings. The van der Waals surface area contributed by atoms with Crippen molar-refractivity contribution < 1.29 is 19.4 Å². The predicted molar refractivity (Wildman–Crippen MR) is 157 cm³/mol. The third kappa shape index (κ3) is 5.16. The van der Waals surface area contributed by atoms with Gasteiger partial charge in [-0.2, -0.15) is 0 Å². The summed E-state index contributed by atoms with van der Waals surface area (Å²) in [5.41, 5.74) is 2.80. The first-order valence-electron chi connectivity index (χ1n) is 12.8. The Morgan fingerprint density at radius 1 is 1.08 bits per heavy atom. The second-order valence-electron chi connectivity index (χ2n) is 10.5. The zero-order valence-electron chi connectivity index (χ0n) is 22.2. The number of anilines is 1. The van der Waals surface area contributed by atoms with E-state index in [1.54, 1.807) is 42.5 Å². The summed E-state index contributed by atoms with van der Waals surface area (Å²) in [4.78, 5) is 33.2. The van der Waals surface area contributed by atoms with Gasteiger partial charge in [-0.05, 0) is 53.3 Å². The van der Waals surface area contributed by atoms with Crippen molar-refractivity contribution in [3.05, 3.63) is 94.0 Å². The highest BCUT2D eigenvalue weighted by Crippen LogP contribution is 2.45. The van der Waals surface area contributed by atoms with E-state index in [1.165, 1.54) is 16.2 Å². The van der Waals surface area contributed by atoms with Gasteiger partial charge in [0, 0.05) is 10.6 Å². The van der Waals surface area contributed by atoms with Crippen LogP contribution < -0.4 is 9.64 Å². The molecule has 1 N–H and O–H groups in total. The number of benzene rings is 3. The van der Waals surface area contributed by atoms with Crippen molar-refractivity contribution in [2.45, 2.75) is 45.6 Å². The molecule has 1 aromatic heterocycles. The van der Waals surface area contributed by atoms with Gasteiger partial charge in [-0.25, -0.2) is 4.98 Å². The molecule has 8 heteroatoms. The maximum Gasteiger partial charge on any atom is 0.301 e. The molecule has 1 atom stereocenters. The number of nitrogens with zero attached hydrogens (tertiary/aromatic N) is 2. The standard InChI is InChI=1S/C31H29ClN2O4S/c1-5-15-38-22-8-6-7-19(16-22)27(35)25-26(18-9-11-20(12-10-18)31(2,3)4)34(29(37)28(25)36)30-33-23-14-13-21(32)17-24(23)39-30/h6-14,16-17,26,35H,5,15H2,1-4H3. The van der Waals surface area contributed by atoms with Crippen LogP contribution in [0.1, 0.15) is 56.8 Å². The van der Waals surface area contributed by atoms with E-state index in [1.807, 2.05) is 31.2 Å². The second-order valence-corrected chi connectivity index (χ2v) is 12.0. The van der Waals surface area contributed by atoms with Crippen molar-refractivity contribution in [1.82, 2.24) is 4.98 Å². The zero-order valence-corrected chi connectivity index (χ0v) is 23.8. The Kier molecular flexibility index (Phi) is 7.23. The highest BCUT2D eigenvalue weighted by molar-refractivity contribution is 7.22. The molecule has 2 heterocycles. The third-order valence-electron chi connectivity index (χ3n) is 6.66. The van der Waals surface area contributed by atoms with E-state index < -0.39 is 17.7 Å². The number of aromatic nitrogens is 1. The van der Waals surface area contributed by atoms with Crippen molar-refractivity contribution >= 4 is 55.7 Å². The van der Waals surface area contributed by atoms with Gasteiger partial charge < -0.3 is 9.84 Å². The van der Waals surface area contributed by atoms with E-state index in [9.17, 15) is 14.7 Å². The minimum atomic E-state index is -0.865. The summed E-state index contributed by atoms with van der Waals surface area (Å²) in [6.45, 7) is 8.89. The first-order valence-corrected chi connectivity index (χ1v) is 14.0. The first kappa shape index (κ1) is 26.9. The summed E-state index contributed by atoms with van der Waals surface area (Å²) in [6.07, 6.45) is 0.833. The van der Waals surface area contributed by atoms with Gasteiger partial charge in [-0.3, -0.25) is 14.5 Å². The number of aliphatic hydroxyl groups is 1. The van der Waals surface area contributed by atoms with Crippen LogP contribution >= 0.6 is 22.9 Å². The summed E-state index contributed by atoms with van der Waals surface area (Å²) in [6, 6.07) is 19.1. The number of ether oxygens (including phenoxy) is 1. The van der Waals surface area contributed by atoms with Gasteiger partial charge in [0.1, 0.15) is 11.5 Å². The number of carbonyl (C=O) groups is 2. The Morgan fingerprint density at radius 3 is 2.51 bits per heavy atom. The summed E-state index contributed by atoms with van der Waals surface area (Å²) < 4.78 is 6.53. The van der Waals surface area contributed by atoms with Crippen molar-refractivity contribution in [2.24, 2.45) is 0 Å². The Balaban J connectivity index is 1.68. The van der Waals surface area contributed by atoms with Crippen LogP contribution in [0.25, 0.3) is 16.0 Å². The van der Waals surface area contributed by atoms with Crippen LogP contribution in [0.2, 0.25) is 5.02 Å². The van der Waals surface area contributed by atoms with E-state index in [-0.39, 0.29) is 16.7 Å². The monoisotopic (exact) mass is 560 g/mol. The fourth-order valence-electron chi connectivity index (χ4n) is 4.61. The number of hydrogen-bond acceptors (Lipinski definition) is 6. The maximum absolute atomic E-state index is 13.6. The van der Waals surface area contributed by atoms with E-state index in [0.717, 1.165) is 16.7 Å². The normalized spacial score (nSPS) is 17.3. The van der Waals surface area contributed by atoms with Crippen LogP contribution in [0.4, 0.5) is 5.13 Å². The molecule has 1 saturated heterocycles. The highest BCUT2D eigenvalue weighted by Gasteiger charge is 2.48. The fraction of sp³-hybridized carbons (Fsp3) is 0.258. The zero-order chi connectivity index (χ0) is 27.9. The lowest BCUT2D eigenvalue weighted by atomic mass is 9.85. The molecule has 0 spiro atoms. The Morgan fingerprint density at radius 2 is 1.82 bits per heavy atom. The molecule has 6 nitrogen and oxygen atoms in total. The number of aliphatic hydroxyl groups excluding tert-OH is 1. The SMILES string of the molecule is CCCOc1cccc(C(O)=C2C(=O)C(=O)N(c3nc4ccc(Cl)cc4s3)C2c2ccc(C(C)(C)C)cc2)c1. The highest BCUT2D eigenvalue weighted by atomic mass is 35.5. The smallest absolute Gasteiger partial charge is 0.301 e. The molecule has 3 aromatic carbocycles. The number of Topliss-reactive ketones (excluding diaryl/α,β-unsaturated/α-hetero) is 1. The summed E-state index contributed by atoms with van der Waals surface area (Å²) in [5.74, 6) is -1.20. The molecule has 1 aliphatic heterocycles. The van der Waals surface area contributed by atoms with Gasteiger partial charge in [0.05, 0.1) is 28.4 Å². The van der Waals surface area contributed by atoms with E-state index >= 15 is 0 Å². The number of amides is 1. The molecular weight excluding hydrogens is 532 g/mol. The molecule has 1 unspecified atom stereocenters. The lowest BCUT2D eigenvalue weighted by Gasteiger charge is -2.24. The topological polar surface area (TPSA) is 79.7 Å². The number of hydrogen-bond donors (Lipinski definition) is 1. The van der Waals surface area contributed by atoms with Gasteiger partial charge >= 0.3 is 5.91 Å². The van der Waals surface area contributed by atoms with Crippen LogP contribution in [0.5, 0.6) is 5.75 Å². The van der Waals surface area contributed by atoms with E-state index in [2.05, 4.69) is 25.8 Å². The number of ketones is 1. The van der Waals surface area contributed by atoms with Crippen LogP contribution in [0, 0.1) is 0 Å². The number of halogens is 1. The summed E-state index contributed by atoms with van der Waals surface area (Å²) in [5, 5.41) is 12.4. The minimum absolute atomic E-state index is 0.00781. The average molecular weight is 561 g/mol. The average Bonchev–Trinajstić information content (AvgIpc) is 3.44. The lowest BCUT2D eigenvalue weighted by Crippen LogP contribution is -2.29. The maximum atomic E-state index is 13.6. The van der Waals surface area contributed by atoms with Crippen LogP contribution in [0.15, 0.2) is 72.3 Å². The molecule has 39 heavy (non-hydrogen) atoms. The van der Waals surface area contributed by atoms with Gasteiger partial charge in [0.25, 0.3) is 5.78 Å². The third-order valence-corrected chi connectivity index (χ3v) is 7.92. The molecule has 0 saturated carbocycles. The van der Waals surface area contributed by atoms with E-state index in [0.29, 0.717) is 39.2 Å². The van der Waals surface area contributed by atoms with Gasteiger partial charge in [0.2, 0.25) is 0 Å². The van der Waals surface area contributed by atoms with Crippen molar-refractivity contribution in [3.8, 4) is 5.75 Å². The van der Waals surface area contributed by atoms with Gasteiger partial charge in [-0.15, -0.1) is 0 Å². The predicted octanol–water partition coefficient (Wildman–Crippen LogP) is 7.66. The summed E-state index contributed by atoms with van der Waals surface area (Å²) >= 11 is 7.46. The van der Waals surface area contributed by atoms with Gasteiger partial charge in [0.15, 0.2) is 5.13 Å². The Bertz CT molecular complexity index is 1600. The number of rotatable bonds is 6. The van der Waals surface area contributed by atoms with Crippen LogP contribution in [0.3, 0.4) is 0 Å². The molecular formula is C31H29ClN2O4S. The van der Waals surface area contributed by atoms with Crippen LogP contribution in [-0.2, 0) is 15.0 Å². The molecule has 0 aliphatic carbocycles. The van der Waals surface area contributed by atoms with Crippen molar-refractivity contribution in [3.63, 3.8) is 0 Å². The number of carbonyl (C=O) groups excluding carboxylic acids is 2. The quantitative estimate of drug-likeness (QED) is 0.149. The fourth-order valence-corrected chi connectivity index (χ4v) is 5.88. The Hall–Kier alpha value is -3.68. The van der Waals surface area contributed by atoms with Crippen molar-refractivity contribution in [1.29, 1.82) is 0 Å². The molecule has 5 rings (SSSR count). The lowest BCUT2D eigenvalue weighted by molar-refractivity contribution is -0.132. The Labute approximate surface area is 236 Å². The number of fused-ring (bicyclic) bond motifs is 1. The first-order chi connectivity index (χ1) is 18.6. The van der Waals surface area contributed by atoms with Gasteiger partial charge in [-0.1, -0.05) is 87.0 Å².